The summed E-state index contributed by atoms with van der Waals surface area (Å²) in [5.41, 5.74) is 4.94. The van der Waals surface area contributed by atoms with Gasteiger partial charge < -0.3 is 20.1 Å². The fraction of sp³-hybridized carbons (Fsp3) is 0.333. The highest BCUT2D eigenvalue weighted by Gasteiger charge is 2.28. The maximum absolute atomic E-state index is 13.3. The van der Waals surface area contributed by atoms with Gasteiger partial charge in [0.25, 0.3) is 5.91 Å². The molecule has 4 rings (SSSR count). The number of benzene rings is 1. The van der Waals surface area contributed by atoms with E-state index in [1.807, 2.05) is 29.7 Å². The summed E-state index contributed by atoms with van der Waals surface area (Å²) in [6.07, 6.45) is 8.36. The van der Waals surface area contributed by atoms with Crippen LogP contribution in [-0.2, 0) is 4.74 Å². The van der Waals surface area contributed by atoms with Crippen LogP contribution in [0.3, 0.4) is 0 Å². The summed E-state index contributed by atoms with van der Waals surface area (Å²) in [4.78, 5) is 27.7. The molecular formula is C27H30N2O4S. The standard InChI is InChI=1S/C27H30N2O4S/c1-3-4-7-19-10-11-20(16-18(19)2)22-17-34-26(24(22)27(31)32)28-25(30)21-8-5-6-9-23(21)29-12-14-33-15-13-29/h3-9,17,20H,1,10-16H2,2H3,(H,28,30)(H,31,32)/b7-4-. The highest BCUT2D eigenvalue weighted by Crippen LogP contribution is 2.42. The Kier molecular flexibility index (Phi) is 7.65. The fourth-order valence-corrected chi connectivity index (χ4v) is 5.75. The number of hydrogen-bond acceptors (Lipinski definition) is 5. The van der Waals surface area contributed by atoms with Crippen molar-refractivity contribution in [2.45, 2.75) is 32.1 Å². The van der Waals surface area contributed by atoms with Gasteiger partial charge in [-0.15, -0.1) is 11.3 Å². The molecule has 0 bridgehead atoms. The summed E-state index contributed by atoms with van der Waals surface area (Å²) in [6, 6.07) is 7.44. The molecule has 1 aromatic heterocycles. The Morgan fingerprint density at radius 2 is 2.03 bits per heavy atom. The van der Waals surface area contributed by atoms with Crippen LogP contribution in [0.1, 0.15) is 58.4 Å². The molecule has 2 aromatic rings. The molecule has 0 saturated carbocycles. The minimum Gasteiger partial charge on any atom is -0.478 e. The number of nitrogens with zero attached hydrogens (tertiary/aromatic N) is 1. The zero-order valence-electron chi connectivity index (χ0n) is 19.4. The fourth-order valence-electron chi connectivity index (χ4n) is 4.72. The second kappa shape index (κ2) is 10.8. The molecule has 1 aromatic carbocycles. The van der Waals surface area contributed by atoms with Crippen LogP contribution in [0.15, 0.2) is 65.6 Å². The van der Waals surface area contributed by atoms with Crippen LogP contribution in [0, 0.1) is 0 Å². The Morgan fingerprint density at radius 1 is 1.26 bits per heavy atom. The van der Waals surface area contributed by atoms with Gasteiger partial charge in [-0.3, -0.25) is 4.79 Å². The molecule has 2 aliphatic rings. The summed E-state index contributed by atoms with van der Waals surface area (Å²) in [7, 11) is 0. The number of carboxylic acid groups (broad SMARTS) is 1. The predicted octanol–water partition coefficient (Wildman–Crippen LogP) is 5.86. The van der Waals surface area contributed by atoms with Crippen LogP contribution in [0.2, 0.25) is 0 Å². The molecule has 1 saturated heterocycles. The molecule has 1 aliphatic carbocycles. The first-order chi connectivity index (χ1) is 16.5. The first kappa shape index (κ1) is 24.0. The lowest BCUT2D eigenvalue weighted by Gasteiger charge is -2.30. The second-order valence-electron chi connectivity index (χ2n) is 8.61. The molecule has 1 fully saturated rings. The highest BCUT2D eigenvalue weighted by atomic mass is 32.1. The van der Waals surface area contributed by atoms with E-state index >= 15 is 0 Å². The third-order valence-corrected chi connectivity index (χ3v) is 7.41. The number of carbonyl (C=O) groups excluding carboxylic acids is 1. The van der Waals surface area contributed by atoms with Gasteiger partial charge in [0.05, 0.1) is 24.3 Å². The zero-order valence-corrected chi connectivity index (χ0v) is 20.2. The van der Waals surface area contributed by atoms with Crippen molar-refractivity contribution in [1.82, 2.24) is 0 Å². The maximum Gasteiger partial charge on any atom is 0.339 e. The number of morpholine rings is 1. The molecule has 2 N–H and O–H groups in total. The van der Waals surface area contributed by atoms with Crippen molar-refractivity contribution in [3.8, 4) is 0 Å². The second-order valence-corrected chi connectivity index (χ2v) is 9.49. The first-order valence-electron chi connectivity index (χ1n) is 11.5. The van der Waals surface area contributed by atoms with E-state index in [1.54, 1.807) is 12.1 Å². The van der Waals surface area contributed by atoms with Crippen LogP contribution in [-0.4, -0.2) is 43.3 Å². The van der Waals surface area contributed by atoms with E-state index in [4.69, 9.17) is 4.74 Å². The van der Waals surface area contributed by atoms with Gasteiger partial charge in [-0.25, -0.2) is 4.79 Å². The molecule has 34 heavy (non-hydrogen) atoms. The van der Waals surface area contributed by atoms with Gasteiger partial charge in [-0.1, -0.05) is 42.5 Å². The number of hydrogen-bond donors (Lipinski definition) is 2. The average molecular weight is 479 g/mol. The summed E-state index contributed by atoms with van der Waals surface area (Å²) in [6.45, 7) is 8.50. The smallest absolute Gasteiger partial charge is 0.339 e. The zero-order chi connectivity index (χ0) is 24.1. The summed E-state index contributed by atoms with van der Waals surface area (Å²) in [5.74, 6) is -1.18. The molecule has 7 heteroatoms. The van der Waals surface area contributed by atoms with Crippen molar-refractivity contribution in [1.29, 1.82) is 0 Å². The Labute approximate surface area is 204 Å². The molecule has 6 nitrogen and oxygen atoms in total. The van der Waals surface area contributed by atoms with Gasteiger partial charge >= 0.3 is 5.97 Å². The molecule has 2 heterocycles. The molecule has 0 radical (unpaired) electrons. The monoisotopic (exact) mass is 478 g/mol. The van der Waals surface area contributed by atoms with E-state index < -0.39 is 5.97 Å². The van der Waals surface area contributed by atoms with Gasteiger partial charge in [0, 0.05) is 18.8 Å². The summed E-state index contributed by atoms with van der Waals surface area (Å²) >= 11 is 1.29. The third kappa shape index (κ3) is 5.16. The van der Waals surface area contributed by atoms with Crippen molar-refractivity contribution < 1.29 is 19.4 Å². The maximum atomic E-state index is 13.3. The normalized spacial score (nSPS) is 18.9. The van der Waals surface area contributed by atoms with Crippen molar-refractivity contribution in [3.05, 3.63) is 82.3 Å². The molecule has 0 spiro atoms. The highest BCUT2D eigenvalue weighted by molar-refractivity contribution is 7.15. The van der Waals surface area contributed by atoms with Gasteiger partial charge in [0.15, 0.2) is 0 Å². The number of carboxylic acids is 1. The number of aromatic carboxylic acids is 1. The molecule has 1 aliphatic heterocycles. The van der Waals surface area contributed by atoms with E-state index in [9.17, 15) is 14.7 Å². The van der Waals surface area contributed by atoms with Crippen LogP contribution in [0.25, 0.3) is 0 Å². The van der Waals surface area contributed by atoms with Gasteiger partial charge in [0.2, 0.25) is 0 Å². The third-order valence-electron chi connectivity index (χ3n) is 6.50. The van der Waals surface area contributed by atoms with E-state index in [0.29, 0.717) is 36.9 Å². The summed E-state index contributed by atoms with van der Waals surface area (Å²) < 4.78 is 5.44. The lowest BCUT2D eigenvalue weighted by atomic mass is 9.80. The van der Waals surface area contributed by atoms with E-state index in [2.05, 4.69) is 29.8 Å². The predicted molar refractivity (Wildman–Crippen MR) is 137 cm³/mol. The van der Waals surface area contributed by atoms with Gasteiger partial charge in [-0.2, -0.15) is 0 Å². The van der Waals surface area contributed by atoms with E-state index in [1.165, 1.54) is 22.5 Å². The average Bonchev–Trinajstić information content (AvgIpc) is 3.27. The Morgan fingerprint density at radius 3 is 2.74 bits per heavy atom. The SMILES string of the molecule is C=C/C=C\C1=C(C)CC(c2csc(NC(=O)c3ccccc3N3CCOCC3)c2C(=O)O)CC1. The number of nitrogens with one attached hydrogen (secondary N) is 1. The Hall–Kier alpha value is -3.16. The Balaban J connectivity index is 1.57. The molecule has 1 amide bonds. The first-order valence-corrected chi connectivity index (χ1v) is 12.4. The van der Waals surface area contributed by atoms with Crippen LogP contribution >= 0.6 is 11.3 Å². The number of ether oxygens (including phenoxy) is 1. The Bertz CT molecular complexity index is 1140. The number of thiophene rings is 1. The van der Waals surface area contributed by atoms with Crippen LogP contribution < -0.4 is 10.2 Å². The largest absolute Gasteiger partial charge is 0.478 e. The van der Waals surface area contributed by atoms with E-state index in [0.717, 1.165) is 30.5 Å². The molecule has 1 unspecified atom stereocenters. The van der Waals surface area contributed by atoms with Gasteiger partial charge in [0.1, 0.15) is 5.00 Å². The van der Waals surface area contributed by atoms with E-state index in [-0.39, 0.29) is 17.4 Å². The molecule has 178 valence electrons. The number of allylic oxidation sites excluding steroid dienone is 5. The van der Waals surface area contributed by atoms with Crippen LogP contribution in [0.5, 0.6) is 0 Å². The minimum absolute atomic E-state index is 0.120. The van der Waals surface area contributed by atoms with Crippen molar-refractivity contribution >= 4 is 33.9 Å². The number of carbonyl (C=O) groups is 2. The van der Waals surface area contributed by atoms with Crippen molar-refractivity contribution in [2.75, 3.05) is 36.5 Å². The molecule has 1 atom stereocenters. The quantitative estimate of drug-likeness (QED) is 0.487. The topological polar surface area (TPSA) is 78.9 Å². The summed E-state index contributed by atoms with van der Waals surface area (Å²) in [5, 5.41) is 15.2. The molecular weight excluding hydrogens is 448 g/mol. The van der Waals surface area contributed by atoms with Crippen molar-refractivity contribution in [3.63, 3.8) is 0 Å². The van der Waals surface area contributed by atoms with Crippen LogP contribution in [0.4, 0.5) is 10.7 Å². The van der Waals surface area contributed by atoms with Gasteiger partial charge in [-0.05, 0) is 60.8 Å². The number of rotatable bonds is 7. The number of anilines is 2. The van der Waals surface area contributed by atoms with Crippen molar-refractivity contribution in [2.24, 2.45) is 0 Å². The number of amides is 1. The minimum atomic E-state index is -1.01. The lowest BCUT2D eigenvalue weighted by molar-refractivity contribution is 0.0696. The number of para-hydroxylation sites is 1. The lowest BCUT2D eigenvalue weighted by Crippen LogP contribution is -2.37.